The highest BCUT2D eigenvalue weighted by atomic mass is 32.1. The smallest absolute Gasteiger partial charge is 0.213 e. The number of halogens is 1. The zero-order chi connectivity index (χ0) is 10.7. The lowest BCUT2D eigenvalue weighted by atomic mass is 10.0. The molecule has 1 aromatic rings. The number of aliphatic hydroxyl groups is 2. The first-order valence-electron chi connectivity index (χ1n) is 4.15. The molecule has 1 aromatic heterocycles. The molecule has 78 valence electrons. The van der Waals surface area contributed by atoms with E-state index in [1.807, 2.05) is 0 Å². The monoisotopic (exact) mass is 217 g/mol. The van der Waals surface area contributed by atoms with Crippen LogP contribution in [0.5, 0.6) is 0 Å². The zero-order valence-electron chi connectivity index (χ0n) is 7.68. The van der Waals surface area contributed by atoms with Gasteiger partial charge in [-0.25, -0.2) is 4.98 Å². The van der Waals surface area contributed by atoms with Crippen molar-refractivity contribution in [3.8, 4) is 0 Å². The van der Waals surface area contributed by atoms with E-state index in [2.05, 4.69) is 17.6 Å². The van der Waals surface area contributed by atoms with Crippen LogP contribution in [-0.2, 0) is 0 Å². The van der Waals surface area contributed by atoms with Crippen LogP contribution >= 0.6 is 12.6 Å². The molecule has 0 aliphatic rings. The van der Waals surface area contributed by atoms with E-state index in [9.17, 15) is 14.6 Å². The summed E-state index contributed by atoms with van der Waals surface area (Å²) in [7, 11) is 0. The molecule has 1 heterocycles. The fourth-order valence-corrected chi connectivity index (χ4v) is 1.35. The van der Waals surface area contributed by atoms with Crippen molar-refractivity contribution in [2.24, 2.45) is 0 Å². The van der Waals surface area contributed by atoms with Crippen LogP contribution in [0.3, 0.4) is 0 Å². The van der Waals surface area contributed by atoms with Gasteiger partial charge in [0, 0.05) is 17.5 Å². The third kappa shape index (κ3) is 2.43. The van der Waals surface area contributed by atoms with Gasteiger partial charge >= 0.3 is 0 Å². The molecule has 5 heteroatoms. The standard InChI is InChI=1S/C9H12FNO2S/c1-5-2-8(10)11-3-6(5)9(13)7(12)4-14/h2-3,7,9,12-14H,4H2,1H3. The summed E-state index contributed by atoms with van der Waals surface area (Å²) in [6.45, 7) is 1.65. The van der Waals surface area contributed by atoms with E-state index in [1.54, 1.807) is 6.92 Å². The van der Waals surface area contributed by atoms with Gasteiger partial charge in [0.2, 0.25) is 5.95 Å². The molecule has 1 rings (SSSR count). The predicted octanol–water partition coefficient (Wildman–Crippen LogP) is 0.853. The molecule has 0 saturated heterocycles. The Morgan fingerprint density at radius 2 is 2.21 bits per heavy atom. The SMILES string of the molecule is Cc1cc(F)ncc1C(O)C(O)CS. The molecule has 14 heavy (non-hydrogen) atoms. The second-order valence-corrected chi connectivity index (χ2v) is 3.42. The molecule has 0 aliphatic heterocycles. The Kier molecular flexibility index (Phi) is 3.86. The van der Waals surface area contributed by atoms with Gasteiger partial charge in [0.1, 0.15) is 6.10 Å². The highest BCUT2D eigenvalue weighted by Gasteiger charge is 2.19. The van der Waals surface area contributed by atoms with E-state index < -0.39 is 18.2 Å². The highest BCUT2D eigenvalue weighted by molar-refractivity contribution is 7.80. The number of nitrogens with zero attached hydrogens (tertiary/aromatic N) is 1. The van der Waals surface area contributed by atoms with Crippen LogP contribution < -0.4 is 0 Å². The van der Waals surface area contributed by atoms with Crippen LogP contribution in [0.1, 0.15) is 17.2 Å². The summed E-state index contributed by atoms with van der Waals surface area (Å²) in [5.74, 6) is -0.461. The first-order valence-corrected chi connectivity index (χ1v) is 4.78. The van der Waals surface area contributed by atoms with Gasteiger partial charge in [-0.1, -0.05) is 0 Å². The molecular formula is C9H12FNO2S. The van der Waals surface area contributed by atoms with Crippen molar-refractivity contribution in [3.05, 3.63) is 29.3 Å². The first kappa shape index (κ1) is 11.4. The number of hydrogen-bond acceptors (Lipinski definition) is 4. The molecule has 2 unspecified atom stereocenters. The molecule has 3 nitrogen and oxygen atoms in total. The van der Waals surface area contributed by atoms with Crippen molar-refractivity contribution >= 4 is 12.6 Å². The van der Waals surface area contributed by atoms with Gasteiger partial charge in [0.15, 0.2) is 0 Å². The second-order valence-electron chi connectivity index (χ2n) is 3.06. The number of aromatic nitrogens is 1. The Morgan fingerprint density at radius 1 is 1.57 bits per heavy atom. The zero-order valence-corrected chi connectivity index (χ0v) is 8.58. The van der Waals surface area contributed by atoms with Gasteiger partial charge in [0.05, 0.1) is 6.10 Å². The molecule has 0 radical (unpaired) electrons. The van der Waals surface area contributed by atoms with Crippen molar-refractivity contribution < 1.29 is 14.6 Å². The van der Waals surface area contributed by atoms with Gasteiger partial charge in [0.25, 0.3) is 0 Å². The summed E-state index contributed by atoms with van der Waals surface area (Å²) < 4.78 is 12.6. The maximum atomic E-state index is 12.6. The van der Waals surface area contributed by atoms with Crippen LogP contribution in [-0.4, -0.2) is 27.1 Å². The fraction of sp³-hybridized carbons (Fsp3) is 0.444. The Morgan fingerprint density at radius 3 is 2.71 bits per heavy atom. The van der Waals surface area contributed by atoms with Crippen LogP contribution in [0.15, 0.2) is 12.3 Å². The topological polar surface area (TPSA) is 53.4 Å². The molecule has 2 N–H and O–H groups in total. The number of thiol groups is 1. The van der Waals surface area contributed by atoms with Crippen molar-refractivity contribution in [3.63, 3.8) is 0 Å². The summed E-state index contributed by atoms with van der Waals surface area (Å²) in [4.78, 5) is 3.42. The summed E-state index contributed by atoms with van der Waals surface area (Å²) in [5.41, 5.74) is 0.985. The third-order valence-electron chi connectivity index (χ3n) is 1.99. The van der Waals surface area contributed by atoms with E-state index in [0.29, 0.717) is 11.1 Å². The third-order valence-corrected chi connectivity index (χ3v) is 2.36. The summed E-state index contributed by atoms with van der Waals surface area (Å²) in [6, 6.07) is 1.21. The Balaban J connectivity index is 2.95. The van der Waals surface area contributed by atoms with Gasteiger partial charge in [-0.15, -0.1) is 0 Å². The van der Waals surface area contributed by atoms with Gasteiger partial charge < -0.3 is 10.2 Å². The average Bonchev–Trinajstić information content (AvgIpc) is 2.15. The minimum atomic E-state index is -1.07. The quantitative estimate of drug-likeness (QED) is 0.520. The highest BCUT2D eigenvalue weighted by Crippen LogP contribution is 2.20. The van der Waals surface area contributed by atoms with E-state index >= 15 is 0 Å². The number of aliphatic hydroxyl groups excluding tert-OH is 2. The van der Waals surface area contributed by atoms with Crippen LogP contribution in [0.25, 0.3) is 0 Å². The van der Waals surface area contributed by atoms with Crippen LogP contribution in [0.2, 0.25) is 0 Å². The lowest BCUT2D eigenvalue weighted by Gasteiger charge is -2.17. The normalized spacial score (nSPS) is 15.2. The van der Waals surface area contributed by atoms with E-state index in [4.69, 9.17) is 0 Å². The number of hydrogen-bond donors (Lipinski definition) is 3. The summed E-state index contributed by atoms with van der Waals surface area (Å²) in [5, 5.41) is 18.9. The number of pyridine rings is 1. The summed E-state index contributed by atoms with van der Waals surface area (Å²) >= 11 is 3.86. The van der Waals surface area contributed by atoms with Gasteiger partial charge in [-0.2, -0.15) is 17.0 Å². The average molecular weight is 217 g/mol. The predicted molar refractivity (Wildman–Crippen MR) is 53.8 cm³/mol. The Hall–Kier alpha value is -0.650. The second kappa shape index (κ2) is 4.72. The van der Waals surface area contributed by atoms with Crippen LogP contribution in [0, 0.1) is 12.9 Å². The number of aryl methyl sites for hydroxylation is 1. The minimum Gasteiger partial charge on any atom is -0.389 e. The van der Waals surface area contributed by atoms with E-state index in [0.717, 1.165) is 0 Å². The molecule has 2 atom stereocenters. The van der Waals surface area contributed by atoms with Crippen molar-refractivity contribution in [2.45, 2.75) is 19.1 Å². The Bertz CT molecular complexity index is 322. The van der Waals surface area contributed by atoms with E-state index in [-0.39, 0.29) is 5.75 Å². The molecule has 0 aliphatic carbocycles. The summed E-state index contributed by atoms with van der Waals surface area (Å²) in [6.07, 6.45) is -0.813. The van der Waals surface area contributed by atoms with Crippen molar-refractivity contribution in [1.82, 2.24) is 4.98 Å². The van der Waals surface area contributed by atoms with Crippen LogP contribution in [0.4, 0.5) is 4.39 Å². The molecule has 0 amide bonds. The minimum absolute atomic E-state index is 0.137. The Labute approximate surface area is 87.0 Å². The largest absolute Gasteiger partial charge is 0.389 e. The van der Waals surface area contributed by atoms with Crippen molar-refractivity contribution in [2.75, 3.05) is 5.75 Å². The molecular weight excluding hydrogens is 205 g/mol. The van der Waals surface area contributed by atoms with Crippen molar-refractivity contribution in [1.29, 1.82) is 0 Å². The molecule has 0 spiro atoms. The molecule has 0 aromatic carbocycles. The molecule has 0 bridgehead atoms. The lowest BCUT2D eigenvalue weighted by molar-refractivity contribution is 0.0330. The maximum Gasteiger partial charge on any atom is 0.213 e. The first-order chi connectivity index (χ1) is 6.56. The fourth-order valence-electron chi connectivity index (χ4n) is 1.15. The molecule has 0 saturated carbocycles. The maximum absolute atomic E-state index is 12.6. The molecule has 0 fully saturated rings. The lowest BCUT2D eigenvalue weighted by Crippen LogP contribution is -2.20. The van der Waals surface area contributed by atoms with Gasteiger partial charge in [-0.05, 0) is 18.6 Å². The number of rotatable bonds is 3. The van der Waals surface area contributed by atoms with E-state index in [1.165, 1.54) is 12.3 Å². The van der Waals surface area contributed by atoms with Gasteiger partial charge in [-0.3, -0.25) is 0 Å².